The molecule has 1 unspecified atom stereocenters. The Labute approximate surface area is 511 Å². The molecule has 0 bridgehead atoms. The van der Waals surface area contributed by atoms with Gasteiger partial charge in [0.2, 0.25) is 16.8 Å². The van der Waals surface area contributed by atoms with Crippen molar-refractivity contribution in [2.75, 3.05) is 42.3 Å². The van der Waals surface area contributed by atoms with Crippen LogP contribution in [0, 0.1) is 39.6 Å². The molecule has 6 aromatic carbocycles. The van der Waals surface area contributed by atoms with E-state index in [-0.39, 0.29) is 18.8 Å². The standard InChI is InChI=1S/2C21H20N4O3.C14H10IN3O.C7H11NO2.CH4/c2*1-21(28,20(27)24(2)3)12-11-14-7-6-8-15(13-14)25-17-10-5-4-9-16(17)18(23-25)19(22)26;15-9-4-3-5-10(8-9)18-12-7-2-1-6-11(12)13(17-18)14(16)19;1-5-7(2,10)6(9)8(3)4;/h2*4-10,13,28H,1-3H3,(H2,22,26);1-8H,(H2,16,19);1,10H,2-4H3;1H4/t2*21-;;;/m10.../s1. The summed E-state index contributed by atoms with van der Waals surface area (Å²) in [5.74, 6) is 9.65. The van der Waals surface area contributed by atoms with Crippen LogP contribution < -0.4 is 17.2 Å². The number of para-hydroxylation sites is 3. The Balaban J connectivity index is 0.000000220. The third kappa shape index (κ3) is 15.7. The molecule has 3 atom stereocenters. The van der Waals surface area contributed by atoms with Gasteiger partial charge in [-0.2, -0.15) is 15.3 Å². The maximum absolute atomic E-state index is 12.0. The third-order valence-corrected chi connectivity index (χ3v) is 13.0. The van der Waals surface area contributed by atoms with Gasteiger partial charge in [-0.15, -0.1) is 6.42 Å². The van der Waals surface area contributed by atoms with Gasteiger partial charge < -0.3 is 47.2 Å². The predicted octanol–water partition coefficient (Wildman–Crippen LogP) is 5.45. The molecule has 0 aliphatic carbocycles. The van der Waals surface area contributed by atoms with Crippen molar-refractivity contribution in [3.05, 3.63) is 177 Å². The number of rotatable bonds is 9. The van der Waals surface area contributed by atoms with Crippen LogP contribution in [0.1, 0.15) is 70.8 Å². The van der Waals surface area contributed by atoms with E-state index in [0.29, 0.717) is 39.0 Å². The summed E-state index contributed by atoms with van der Waals surface area (Å²) in [6.07, 6.45) is 4.90. The van der Waals surface area contributed by atoms with E-state index in [1.165, 1.54) is 49.6 Å². The smallest absolute Gasteiger partial charge is 0.269 e. The van der Waals surface area contributed by atoms with E-state index in [0.717, 1.165) is 31.2 Å². The molecular weight excluding hydrogens is 1210 g/mol. The highest BCUT2D eigenvalue weighted by molar-refractivity contribution is 14.1. The lowest BCUT2D eigenvalue weighted by Gasteiger charge is -2.20. The zero-order valence-corrected chi connectivity index (χ0v) is 50.0. The van der Waals surface area contributed by atoms with Gasteiger partial charge in [-0.3, -0.25) is 28.8 Å². The Kier molecular flexibility index (Phi) is 21.7. The molecule has 21 nitrogen and oxygen atoms in total. The van der Waals surface area contributed by atoms with Crippen LogP contribution in [-0.2, 0) is 14.4 Å². The summed E-state index contributed by atoms with van der Waals surface area (Å²) < 4.78 is 6.08. The molecule has 22 heteroatoms. The first-order chi connectivity index (χ1) is 40.0. The SMILES string of the molecule is C.C#CC(C)(O)C(=O)N(C)C.CN(C)C(=O)[C@@](C)(O)C#Cc1cccc(-n2nc(C(N)=O)c3ccccc32)c1.CN(C)C(=O)[C@](C)(O)C#Cc1cccc(-n2nc(C(N)=O)c3ccccc32)c1.NC(=O)c1nn(-c2cccc(I)c2)c2ccccc12. The second-order valence-corrected chi connectivity index (χ2v) is 21.2. The van der Waals surface area contributed by atoms with E-state index in [1.54, 1.807) is 90.8 Å². The highest BCUT2D eigenvalue weighted by Gasteiger charge is 2.31. The van der Waals surface area contributed by atoms with Crippen LogP contribution in [0.15, 0.2) is 146 Å². The average molecular weight is 1270 g/mol. The van der Waals surface area contributed by atoms with Gasteiger partial charge in [-0.05, 0) is 116 Å². The minimum Gasteiger partial charge on any atom is -0.370 e. The minimum atomic E-state index is -1.79. The van der Waals surface area contributed by atoms with Crippen LogP contribution in [0.25, 0.3) is 49.8 Å². The fraction of sp³-hybridized carbons (Fsp3) is 0.203. The van der Waals surface area contributed by atoms with Gasteiger partial charge in [-0.1, -0.05) is 110 Å². The van der Waals surface area contributed by atoms with Gasteiger partial charge in [0.25, 0.3) is 35.4 Å². The van der Waals surface area contributed by atoms with Crippen LogP contribution >= 0.6 is 22.6 Å². The van der Waals surface area contributed by atoms with Gasteiger partial charge in [0, 0.05) is 73.1 Å². The van der Waals surface area contributed by atoms with E-state index in [1.807, 2.05) is 103 Å². The van der Waals surface area contributed by atoms with Gasteiger partial charge >= 0.3 is 0 Å². The summed E-state index contributed by atoms with van der Waals surface area (Å²) in [6.45, 7) is 3.99. The monoisotopic (exact) mass is 1270 g/mol. The first-order valence-corrected chi connectivity index (χ1v) is 26.7. The first-order valence-electron chi connectivity index (χ1n) is 25.7. The third-order valence-electron chi connectivity index (χ3n) is 12.3. The molecule has 9 aromatic rings. The summed E-state index contributed by atoms with van der Waals surface area (Å²) >= 11 is 2.24. The first kappa shape index (κ1) is 66.6. The minimum absolute atomic E-state index is 0. The lowest BCUT2D eigenvalue weighted by Crippen LogP contribution is -2.42. The van der Waals surface area contributed by atoms with Crippen molar-refractivity contribution < 1.29 is 44.1 Å². The number of aliphatic hydroxyl groups is 3. The quantitative estimate of drug-likeness (QED) is 0.0776. The number of hydrogen-bond donors (Lipinski definition) is 6. The van der Waals surface area contributed by atoms with Crippen LogP contribution in [0.5, 0.6) is 0 Å². The number of nitrogens with two attached hydrogens (primary N) is 3. The second kappa shape index (κ2) is 27.9. The molecule has 6 amide bonds. The molecule has 9 rings (SSSR count). The average Bonchev–Trinajstić information content (AvgIpc) is 1.92. The molecule has 0 aliphatic rings. The maximum atomic E-state index is 12.0. The molecule has 0 fully saturated rings. The van der Waals surface area contributed by atoms with Gasteiger partial charge in [-0.25, -0.2) is 14.0 Å². The second-order valence-electron chi connectivity index (χ2n) is 20.0. The number of primary amides is 3. The number of terminal acetylenes is 1. The molecule has 0 saturated heterocycles. The van der Waals surface area contributed by atoms with E-state index >= 15 is 0 Å². The largest absolute Gasteiger partial charge is 0.370 e. The van der Waals surface area contributed by atoms with Crippen LogP contribution in [0.2, 0.25) is 0 Å². The number of likely N-dealkylation sites (N-methyl/N-ethyl adjacent to an activating group) is 3. The molecule has 442 valence electrons. The van der Waals surface area contributed by atoms with Crippen molar-refractivity contribution in [1.82, 2.24) is 44.0 Å². The summed E-state index contributed by atoms with van der Waals surface area (Å²) in [5.41, 5.74) is 17.5. The van der Waals surface area contributed by atoms with E-state index in [2.05, 4.69) is 61.6 Å². The van der Waals surface area contributed by atoms with Crippen molar-refractivity contribution in [1.29, 1.82) is 0 Å². The summed E-state index contributed by atoms with van der Waals surface area (Å²) in [5, 5.41) is 44.8. The lowest BCUT2D eigenvalue weighted by molar-refractivity contribution is -0.142. The highest BCUT2D eigenvalue weighted by atomic mass is 127. The number of halogens is 1. The van der Waals surface area contributed by atoms with Crippen LogP contribution in [-0.4, -0.2) is 154 Å². The number of benzene rings is 6. The normalized spacial score (nSPS) is 12.4. The molecule has 0 radical (unpaired) electrons. The Hall–Kier alpha value is -10.2. The lowest BCUT2D eigenvalue weighted by atomic mass is 10.1. The molecule has 0 spiro atoms. The number of fused-ring (bicyclic) bond motifs is 3. The zero-order valence-electron chi connectivity index (χ0n) is 47.9. The van der Waals surface area contributed by atoms with Gasteiger partial charge in [0.05, 0.1) is 33.6 Å². The molecule has 9 N–H and O–H groups in total. The summed E-state index contributed by atoms with van der Waals surface area (Å²) in [7, 11) is 9.29. The van der Waals surface area contributed by atoms with Gasteiger partial charge in [0.15, 0.2) is 17.1 Å². The predicted molar refractivity (Wildman–Crippen MR) is 339 cm³/mol. The van der Waals surface area contributed by atoms with E-state index in [9.17, 15) is 39.0 Å². The fourth-order valence-electron chi connectivity index (χ4n) is 8.24. The number of hydrogen-bond acceptors (Lipinski definition) is 12. The molecule has 3 heterocycles. The topological polar surface area (TPSA) is 304 Å². The van der Waals surface area contributed by atoms with Crippen molar-refractivity contribution in [3.63, 3.8) is 0 Å². The number of amides is 6. The fourth-order valence-corrected chi connectivity index (χ4v) is 8.76. The zero-order chi connectivity index (χ0) is 62.7. The molecule has 86 heavy (non-hydrogen) atoms. The Morgan fingerprint density at radius 1 is 0.465 bits per heavy atom. The summed E-state index contributed by atoms with van der Waals surface area (Å²) in [6, 6.07) is 44.3. The summed E-state index contributed by atoms with van der Waals surface area (Å²) in [4.78, 5) is 73.7. The number of aromatic nitrogens is 6. The molecule has 0 saturated carbocycles. The Morgan fingerprint density at radius 2 is 0.756 bits per heavy atom. The number of carbonyl (C=O) groups is 6. The molecular formula is C64H65IN12O9. The van der Waals surface area contributed by atoms with Crippen molar-refractivity contribution in [2.24, 2.45) is 17.2 Å². The van der Waals surface area contributed by atoms with E-state index in [4.69, 9.17) is 28.7 Å². The van der Waals surface area contributed by atoms with Crippen molar-refractivity contribution >= 4 is 90.7 Å². The van der Waals surface area contributed by atoms with Crippen molar-refractivity contribution in [2.45, 2.75) is 45.0 Å². The van der Waals surface area contributed by atoms with Crippen LogP contribution in [0.3, 0.4) is 0 Å². The van der Waals surface area contributed by atoms with Crippen molar-refractivity contribution in [3.8, 4) is 53.1 Å². The Bertz CT molecular complexity index is 4040. The molecule has 0 aliphatic heterocycles. The van der Waals surface area contributed by atoms with Crippen LogP contribution in [0.4, 0.5) is 0 Å². The number of nitrogens with zero attached hydrogens (tertiary/aromatic N) is 9. The number of carbonyl (C=O) groups excluding carboxylic acids is 6. The Morgan fingerprint density at radius 3 is 1.03 bits per heavy atom. The maximum Gasteiger partial charge on any atom is 0.269 e. The van der Waals surface area contributed by atoms with E-state index < -0.39 is 52.2 Å². The van der Waals surface area contributed by atoms with Gasteiger partial charge in [0.1, 0.15) is 0 Å². The molecule has 3 aromatic heterocycles. The highest BCUT2D eigenvalue weighted by Crippen LogP contribution is 2.26.